The first-order chi connectivity index (χ1) is 10.1. The van der Waals surface area contributed by atoms with E-state index in [1.807, 2.05) is 30.0 Å². The first kappa shape index (κ1) is 14.1. The second-order valence-electron chi connectivity index (χ2n) is 5.82. The number of imidazole rings is 1. The van der Waals surface area contributed by atoms with Crippen LogP contribution in [-0.4, -0.2) is 32.8 Å². The highest BCUT2D eigenvalue weighted by atomic mass is 16.5. The number of aromatic nitrogens is 3. The van der Waals surface area contributed by atoms with Crippen molar-refractivity contribution in [3.05, 3.63) is 36.5 Å². The maximum atomic E-state index is 5.77. The van der Waals surface area contributed by atoms with Gasteiger partial charge in [0, 0.05) is 18.4 Å². The van der Waals surface area contributed by atoms with E-state index >= 15 is 0 Å². The van der Waals surface area contributed by atoms with Crippen molar-refractivity contribution in [2.24, 2.45) is 0 Å². The predicted molar refractivity (Wildman–Crippen MR) is 82.7 cm³/mol. The average Bonchev–Trinajstić information content (AvgIpc) is 2.85. The number of pyridine rings is 1. The maximum absolute atomic E-state index is 5.77. The van der Waals surface area contributed by atoms with Gasteiger partial charge in [0.2, 0.25) is 0 Å². The van der Waals surface area contributed by atoms with Gasteiger partial charge < -0.3 is 10.1 Å². The van der Waals surface area contributed by atoms with E-state index in [2.05, 4.69) is 35.2 Å². The van der Waals surface area contributed by atoms with Crippen LogP contribution in [0, 0.1) is 6.92 Å². The van der Waals surface area contributed by atoms with E-state index in [1.54, 1.807) is 6.20 Å². The molecule has 3 heterocycles. The molecule has 0 radical (unpaired) electrons. The van der Waals surface area contributed by atoms with E-state index in [0.717, 1.165) is 30.2 Å². The first-order valence-corrected chi connectivity index (χ1v) is 7.50. The van der Waals surface area contributed by atoms with Gasteiger partial charge in [0.1, 0.15) is 11.6 Å². The minimum atomic E-state index is 0.312. The fourth-order valence-electron chi connectivity index (χ4n) is 2.99. The van der Waals surface area contributed by atoms with E-state index in [1.165, 1.54) is 0 Å². The van der Waals surface area contributed by atoms with Gasteiger partial charge in [-0.2, -0.15) is 0 Å². The van der Waals surface area contributed by atoms with Crippen LogP contribution in [0.15, 0.2) is 30.7 Å². The minimum absolute atomic E-state index is 0.312. The zero-order valence-electron chi connectivity index (χ0n) is 12.8. The van der Waals surface area contributed by atoms with Crippen molar-refractivity contribution < 1.29 is 4.74 Å². The monoisotopic (exact) mass is 286 g/mol. The fraction of sp³-hybridized carbons (Fsp3) is 0.500. The molecule has 1 N–H and O–H groups in total. The second kappa shape index (κ2) is 5.85. The van der Waals surface area contributed by atoms with Crippen LogP contribution in [0.3, 0.4) is 0 Å². The van der Waals surface area contributed by atoms with Crippen LogP contribution in [0.4, 0.5) is 5.69 Å². The highest BCUT2D eigenvalue weighted by Gasteiger charge is 2.24. The Bertz CT molecular complexity index is 583. The molecule has 2 aromatic rings. The molecule has 0 spiro atoms. The summed E-state index contributed by atoms with van der Waals surface area (Å²) in [6.45, 7) is 6.24. The number of rotatable bonds is 3. The van der Waals surface area contributed by atoms with Crippen molar-refractivity contribution in [3.63, 3.8) is 0 Å². The fourth-order valence-corrected chi connectivity index (χ4v) is 2.99. The van der Waals surface area contributed by atoms with Crippen molar-refractivity contribution >= 4 is 5.69 Å². The summed E-state index contributed by atoms with van der Waals surface area (Å²) in [5.74, 6) is 1.83. The molecule has 112 valence electrons. The molecular weight excluding hydrogens is 264 g/mol. The molecule has 1 fully saturated rings. The Morgan fingerprint density at radius 2 is 1.95 bits per heavy atom. The summed E-state index contributed by atoms with van der Waals surface area (Å²) in [6.07, 6.45) is 8.29. The molecule has 0 amide bonds. The van der Waals surface area contributed by atoms with Gasteiger partial charge in [-0.3, -0.25) is 4.57 Å². The van der Waals surface area contributed by atoms with Gasteiger partial charge in [-0.05, 0) is 45.7 Å². The highest BCUT2D eigenvalue weighted by Crippen LogP contribution is 2.22. The quantitative estimate of drug-likeness (QED) is 0.942. The molecule has 5 heteroatoms. The summed E-state index contributed by atoms with van der Waals surface area (Å²) in [5.41, 5.74) is 1.06. The maximum Gasteiger partial charge on any atom is 0.138 e. The summed E-state index contributed by atoms with van der Waals surface area (Å²) in [7, 11) is 0. The molecule has 0 aromatic carbocycles. The van der Waals surface area contributed by atoms with Crippen molar-refractivity contribution in [3.8, 4) is 5.82 Å². The number of nitrogens with zero attached hydrogens (tertiary/aromatic N) is 3. The molecule has 2 unspecified atom stereocenters. The van der Waals surface area contributed by atoms with Crippen LogP contribution in [0.1, 0.15) is 32.5 Å². The summed E-state index contributed by atoms with van der Waals surface area (Å²) in [5, 5.41) is 3.56. The molecule has 21 heavy (non-hydrogen) atoms. The minimum Gasteiger partial charge on any atom is -0.381 e. The Morgan fingerprint density at radius 3 is 2.52 bits per heavy atom. The van der Waals surface area contributed by atoms with Crippen molar-refractivity contribution in [2.45, 2.75) is 51.9 Å². The lowest BCUT2D eigenvalue weighted by Crippen LogP contribution is -2.36. The smallest absolute Gasteiger partial charge is 0.138 e. The Labute approximate surface area is 125 Å². The van der Waals surface area contributed by atoms with Crippen LogP contribution >= 0.6 is 0 Å². The van der Waals surface area contributed by atoms with E-state index in [-0.39, 0.29) is 0 Å². The van der Waals surface area contributed by atoms with Crippen molar-refractivity contribution in [1.29, 1.82) is 0 Å². The van der Waals surface area contributed by atoms with Gasteiger partial charge in [0.25, 0.3) is 0 Å². The number of anilines is 1. The molecule has 3 rings (SSSR count). The Morgan fingerprint density at radius 1 is 1.19 bits per heavy atom. The number of nitrogens with one attached hydrogen (secondary N) is 1. The SMILES string of the molecule is Cc1nccn1-c1ccc(NC2CC(C)OC(C)C2)cn1. The lowest BCUT2D eigenvalue weighted by atomic mass is 10.00. The van der Waals surface area contributed by atoms with Gasteiger partial charge in [0.05, 0.1) is 24.1 Å². The van der Waals surface area contributed by atoms with Gasteiger partial charge in [-0.25, -0.2) is 9.97 Å². The number of hydrogen-bond acceptors (Lipinski definition) is 4. The Kier molecular flexibility index (Phi) is 3.92. The third-order valence-electron chi connectivity index (χ3n) is 3.89. The molecule has 1 saturated heterocycles. The average molecular weight is 286 g/mol. The lowest BCUT2D eigenvalue weighted by molar-refractivity contribution is -0.0337. The molecule has 0 aliphatic carbocycles. The molecule has 2 atom stereocenters. The predicted octanol–water partition coefficient (Wildman–Crippen LogP) is 2.94. The van der Waals surface area contributed by atoms with Gasteiger partial charge in [0.15, 0.2) is 0 Å². The highest BCUT2D eigenvalue weighted by molar-refractivity contribution is 5.44. The zero-order valence-corrected chi connectivity index (χ0v) is 12.8. The van der Waals surface area contributed by atoms with Crippen LogP contribution in [0.25, 0.3) is 5.82 Å². The molecule has 0 bridgehead atoms. The van der Waals surface area contributed by atoms with Crippen LogP contribution in [0.5, 0.6) is 0 Å². The number of hydrogen-bond donors (Lipinski definition) is 1. The molecule has 5 nitrogen and oxygen atoms in total. The molecule has 0 saturated carbocycles. The molecular formula is C16H22N4O. The van der Waals surface area contributed by atoms with Gasteiger partial charge in [-0.15, -0.1) is 0 Å². The van der Waals surface area contributed by atoms with E-state index in [0.29, 0.717) is 18.2 Å². The summed E-state index contributed by atoms with van der Waals surface area (Å²) in [6, 6.07) is 4.54. The van der Waals surface area contributed by atoms with Crippen molar-refractivity contribution in [1.82, 2.24) is 14.5 Å². The summed E-state index contributed by atoms with van der Waals surface area (Å²) in [4.78, 5) is 8.73. The van der Waals surface area contributed by atoms with Crippen LogP contribution in [-0.2, 0) is 4.74 Å². The first-order valence-electron chi connectivity index (χ1n) is 7.50. The standard InChI is InChI=1S/C16H22N4O/c1-11-8-15(9-12(2)21-11)19-14-4-5-16(18-10-14)20-7-6-17-13(20)3/h4-7,10-12,15,19H,8-9H2,1-3H3. The lowest BCUT2D eigenvalue weighted by Gasteiger charge is -2.33. The normalized spacial score (nSPS) is 25.8. The summed E-state index contributed by atoms with van der Waals surface area (Å²) < 4.78 is 7.74. The van der Waals surface area contributed by atoms with E-state index in [4.69, 9.17) is 4.74 Å². The number of aryl methyl sites for hydroxylation is 1. The van der Waals surface area contributed by atoms with Crippen molar-refractivity contribution in [2.75, 3.05) is 5.32 Å². The van der Waals surface area contributed by atoms with Gasteiger partial charge in [-0.1, -0.05) is 0 Å². The topological polar surface area (TPSA) is 52.0 Å². The summed E-state index contributed by atoms with van der Waals surface area (Å²) >= 11 is 0. The van der Waals surface area contributed by atoms with E-state index in [9.17, 15) is 0 Å². The Hall–Kier alpha value is -1.88. The third kappa shape index (κ3) is 3.24. The van der Waals surface area contributed by atoms with E-state index < -0.39 is 0 Å². The third-order valence-corrected chi connectivity index (χ3v) is 3.89. The molecule has 1 aliphatic rings. The second-order valence-corrected chi connectivity index (χ2v) is 5.82. The van der Waals surface area contributed by atoms with Crippen LogP contribution in [0.2, 0.25) is 0 Å². The Balaban J connectivity index is 1.69. The molecule has 2 aromatic heterocycles. The van der Waals surface area contributed by atoms with Gasteiger partial charge >= 0.3 is 0 Å². The van der Waals surface area contributed by atoms with Crippen LogP contribution < -0.4 is 5.32 Å². The number of ether oxygens (including phenoxy) is 1. The largest absolute Gasteiger partial charge is 0.381 e. The zero-order chi connectivity index (χ0) is 14.8. The molecule has 1 aliphatic heterocycles.